The molecule has 6 nitrogen and oxygen atoms in total. The number of nitrogens with zero attached hydrogens (tertiary/aromatic N) is 3. The minimum Gasteiger partial charge on any atom is -0.495 e. The molecule has 5 rings (SSSR count). The van der Waals surface area contributed by atoms with Crippen molar-refractivity contribution in [2.75, 3.05) is 25.1 Å². The molecule has 1 aliphatic heterocycles. The maximum Gasteiger partial charge on any atom is 0.137 e. The molecule has 0 saturated carbocycles. The monoisotopic (exact) mass is 419 g/mol. The van der Waals surface area contributed by atoms with Crippen molar-refractivity contribution in [1.29, 1.82) is 0 Å². The highest BCUT2D eigenvalue weighted by molar-refractivity contribution is 6.34. The van der Waals surface area contributed by atoms with Crippen LogP contribution in [-0.2, 0) is 0 Å². The number of benzene rings is 1. The Hall–Kier alpha value is -3.09. The number of fused-ring (bicyclic) bond motifs is 1. The Labute approximate surface area is 179 Å². The molecule has 1 unspecified atom stereocenters. The lowest BCUT2D eigenvalue weighted by molar-refractivity contribution is 0.413. The topological polar surface area (TPSA) is 80.1 Å². The summed E-state index contributed by atoms with van der Waals surface area (Å²) in [4.78, 5) is 14.6. The number of aromatic amines is 1. The molecule has 4 heterocycles. The van der Waals surface area contributed by atoms with Crippen LogP contribution in [0.5, 0.6) is 5.75 Å². The molecule has 0 spiro atoms. The van der Waals surface area contributed by atoms with E-state index < -0.39 is 0 Å². The number of pyridine rings is 2. The predicted molar refractivity (Wildman–Crippen MR) is 121 cm³/mol. The van der Waals surface area contributed by atoms with Gasteiger partial charge in [-0.05, 0) is 42.8 Å². The molecule has 0 amide bonds. The Morgan fingerprint density at radius 2 is 2.03 bits per heavy atom. The Balaban J connectivity index is 1.47. The Kier molecular flexibility index (Phi) is 4.81. The standard InChI is InChI=1S/C23H22ClN5O/c1-30-18-6-16(10-26-12-18)19-7-15-8-21(28-22(15)9-20(19)24)14-2-3-23(27-11-14)29-5-4-17(25)13-29/h2-3,6-12,17,28H,4-5,13,25H2,1H3. The van der Waals surface area contributed by atoms with Gasteiger partial charge in [0.2, 0.25) is 0 Å². The third-order valence-corrected chi connectivity index (χ3v) is 5.89. The molecule has 0 bridgehead atoms. The zero-order valence-electron chi connectivity index (χ0n) is 16.6. The molecule has 3 N–H and O–H groups in total. The van der Waals surface area contributed by atoms with Crippen LogP contribution >= 0.6 is 11.6 Å². The second kappa shape index (κ2) is 7.63. The van der Waals surface area contributed by atoms with Crippen LogP contribution in [-0.4, -0.2) is 41.2 Å². The number of nitrogens with one attached hydrogen (secondary N) is 1. The number of halogens is 1. The number of nitrogens with two attached hydrogens (primary N) is 1. The molecule has 4 aromatic rings. The molecule has 30 heavy (non-hydrogen) atoms. The minimum absolute atomic E-state index is 0.235. The third-order valence-electron chi connectivity index (χ3n) is 5.58. The van der Waals surface area contributed by atoms with E-state index in [1.54, 1.807) is 19.5 Å². The highest BCUT2D eigenvalue weighted by Gasteiger charge is 2.20. The van der Waals surface area contributed by atoms with Crippen molar-refractivity contribution in [3.8, 4) is 28.1 Å². The number of rotatable bonds is 4. The minimum atomic E-state index is 0.235. The van der Waals surface area contributed by atoms with Gasteiger partial charge >= 0.3 is 0 Å². The van der Waals surface area contributed by atoms with E-state index in [2.05, 4.69) is 44.1 Å². The van der Waals surface area contributed by atoms with Gasteiger partial charge in [0.05, 0.1) is 18.3 Å². The molecular weight excluding hydrogens is 398 g/mol. The summed E-state index contributed by atoms with van der Waals surface area (Å²) in [6.07, 6.45) is 6.38. The largest absolute Gasteiger partial charge is 0.495 e. The average molecular weight is 420 g/mol. The van der Waals surface area contributed by atoms with E-state index in [9.17, 15) is 0 Å². The van der Waals surface area contributed by atoms with Crippen molar-refractivity contribution in [1.82, 2.24) is 15.0 Å². The van der Waals surface area contributed by atoms with Gasteiger partial charge in [0, 0.05) is 64.8 Å². The van der Waals surface area contributed by atoms with E-state index in [4.69, 9.17) is 22.1 Å². The molecule has 152 valence electrons. The van der Waals surface area contributed by atoms with Crippen LogP contribution in [0.4, 0.5) is 5.82 Å². The highest BCUT2D eigenvalue weighted by Crippen LogP contribution is 2.35. The van der Waals surface area contributed by atoms with E-state index >= 15 is 0 Å². The average Bonchev–Trinajstić information content (AvgIpc) is 3.39. The maximum atomic E-state index is 6.58. The van der Waals surface area contributed by atoms with Crippen LogP contribution in [0.2, 0.25) is 5.02 Å². The molecular formula is C23H22ClN5O. The number of ether oxygens (including phenoxy) is 1. The first kappa shape index (κ1) is 18.9. The van der Waals surface area contributed by atoms with Crippen molar-refractivity contribution in [3.63, 3.8) is 0 Å². The highest BCUT2D eigenvalue weighted by atomic mass is 35.5. The Morgan fingerprint density at radius 3 is 2.77 bits per heavy atom. The number of hydrogen-bond donors (Lipinski definition) is 2. The number of H-pyrrole nitrogens is 1. The van der Waals surface area contributed by atoms with E-state index in [-0.39, 0.29) is 6.04 Å². The van der Waals surface area contributed by atoms with Gasteiger partial charge in [0.25, 0.3) is 0 Å². The summed E-state index contributed by atoms with van der Waals surface area (Å²) in [5.74, 6) is 1.67. The summed E-state index contributed by atoms with van der Waals surface area (Å²) in [7, 11) is 1.63. The number of hydrogen-bond acceptors (Lipinski definition) is 5. The molecule has 7 heteroatoms. The zero-order valence-corrected chi connectivity index (χ0v) is 17.4. The van der Waals surface area contributed by atoms with E-state index in [1.807, 2.05) is 18.3 Å². The number of aromatic nitrogens is 3. The molecule has 3 aromatic heterocycles. The molecule has 0 radical (unpaired) electrons. The first-order valence-corrected chi connectivity index (χ1v) is 10.3. The maximum absolute atomic E-state index is 6.58. The van der Waals surface area contributed by atoms with E-state index in [1.165, 1.54) is 0 Å². The lowest BCUT2D eigenvalue weighted by Crippen LogP contribution is -2.26. The lowest BCUT2D eigenvalue weighted by atomic mass is 10.1. The SMILES string of the molecule is COc1cncc(-c2cc3cc(-c4ccc(N5CCC(N)C5)nc4)[nH]c3cc2Cl)c1. The van der Waals surface area contributed by atoms with Crippen LogP contribution < -0.4 is 15.4 Å². The van der Waals surface area contributed by atoms with E-state index in [0.717, 1.165) is 58.6 Å². The van der Waals surface area contributed by atoms with Crippen molar-refractivity contribution in [2.45, 2.75) is 12.5 Å². The van der Waals surface area contributed by atoms with Gasteiger partial charge in [-0.25, -0.2) is 4.98 Å². The van der Waals surface area contributed by atoms with Gasteiger partial charge in [-0.2, -0.15) is 0 Å². The third kappa shape index (κ3) is 3.49. The Morgan fingerprint density at radius 1 is 1.13 bits per heavy atom. The molecule has 0 aliphatic carbocycles. The predicted octanol–water partition coefficient (Wildman–Crippen LogP) is 4.49. The fourth-order valence-electron chi connectivity index (χ4n) is 3.94. The smallest absolute Gasteiger partial charge is 0.137 e. The summed E-state index contributed by atoms with van der Waals surface area (Å²) in [5, 5.41) is 1.73. The van der Waals surface area contributed by atoms with Crippen LogP contribution in [0.3, 0.4) is 0 Å². The summed E-state index contributed by atoms with van der Waals surface area (Å²) in [5.41, 5.74) is 10.8. The molecule has 1 saturated heterocycles. The fourth-order valence-corrected chi connectivity index (χ4v) is 4.21. The molecule has 1 atom stereocenters. The summed E-state index contributed by atoms with van der Waals surface area (Å²) in [6.45, 7) is 1.82. The first-order chi connectivity index (χ1) is 14.6. The quantitative estimate of drug-likeness (QED) is 0.509. The number of anilines is 1. The van der Waals surface area contributed by atoms with E-state index in [0.29, 0.717) is 10.8 Å². The van der Waals surface area contributed by atoms with Crippen LogP contribution in [0.25, 0.3) is 33.3 Å². The summed E-state index contributed by atoms with van der Waals surface area (Å²) in [6, 6.07) is 12.4. The van der Waals surface area contributed by atoms with Crippen molar-refractivity contribution in [3.05, 3.63) is 60.0 Å². The summed E-state index contributed by atoms with van der Waals surface area (Å²) >= 11 is 6.58. The zero-order chi connectivity index (χ0) is 20.7. The van der Waals surface area contributed by atoms with Crippen molar-refractivity contribution in [2.24, 2.45) is 5.73 Å². The van der Waals surface area contributed by atoms with Crippen LogP contribution in [0.1, 0.15) is 6.42 Å². The first-order valence-electron chi connectivity index (χ1n) is 9.89. The summed E-state index contributed by atoms with van der Waals surface area (Å²) < 4.78 is 5.29. The van der Waals surface area contributed by atoms with Gasteiger partial charge in [-0.1, -0.05) is 11.6 Å². The van der Waals surface area contributed by atoms with Crippen molar-refractivity contribution < 1.29 is 4.74 Å². The van der Waals surface area contributed by atoms with Gasteiger partial charge in [-0.3, -0.25) is 4.98 Å². The van der Waals surface area contributed by atoms with Crippen molar-refractivity contribution >= 4 is 28.3 Å². The van der Waals surface area contributed by atoms with Gasteiger partial charge in [-0.15, -0.1) is 0 Å². The molecule has 1 fully saturated rings. The molecule has 1 aromatic carbocycles. The lowest BCUT2D eigenvalue weighted by Gasteiger charge is -2.16. The molecule has 1 aliphatic rings. The number of methoxy groups -OCH3 is 1. The fraction of sp³-hybridized carbons (Fsp3) is 0.217. The second-order valence-electron chi connectivity index (χ2n) is 7.62. The van der Waals surface area contributed by atoms with Crippen LogP contribution in [0, 0.1) is 0 Å². The van der Waals surface area contributed by atoms with Gasteiger partial charge < -0.3 is 20.4 Å². The van der Waals surface area contributed by atoms with Gasteiger partial charge in [0.1, 0.15) is 11.6 Å². The Bertz CT molecular complexity index is 1200. The normalized spacial score (nSPS) is 16.4. The van der Waals surface area contributed by atoms with Gasteiger partial charge in [0.15, 0.2) is 0 Å². The van der Waals surface area contributed by atoms with Crippen LogP contribution in [0.15, 0.2) is 55.0 Å². The second-order valence-corrected chi connectivity index (χ2v) is 8.02.